The van der Waals surface area contributed by atoms with Crippen molar-refractivity contribution < 1.29 is 9.59 Å². The number of nitrogens with zero attached hydrogens (tertiary/aromatic N) is 1. The predicted octanol–water partition coefficient (Wildman–Crippen LogP) is 0.344. The van der Waals surface area contributed by atoms with E-state index in [0.29, 0.717) is 19.5 Å². The molecule has 0 saturated carbocycles. The van der Waals surface area contributed by atoms with E-state index in [9.17, 15) is 9.59 Å². The van der Waals surface area contributed by atoms with Gasteiger partial charge in [0.1, 0.15) is 0 Å². The van der Waals surface area contributed by atoms with Crippen molar-refractivity contribution in [3.8, 4) is 0 Å². The fourth-order valence-corrected chi connectivity index (χ4v) is 2.34. The molecule has 5 heteroatoms. The molecule has 1 saturated heterocycles. The molecule has 0 aliphatic carbocycles. The smallest absolute Gasteiger partial charge is 0.239 e. The summed E-state index contributed by atoms with van der Waals surface area (Å²) in [7, 11) is 1.63. The van der Waals surface area contributed by atoms with Gasteiger partial charge in [0, 0.05) is 20.1 Å². The molecular formula is C13H25N3O2. The Morgan fingerprint density at radius 1 is 1.50 bits per heavy atom. The molecule has 1 heterocycles. The van der Waals surface area contributed by atoms with E-state index >= 15 is 0 Å². The standard InChI is InChI=1S/C13H25N3O2/c1-5-9(2)10(14)11(17)16-7-6-13(3,8-16)12(18)15-4/h9-10H,5-8,14H2,1-4H3,(H,15,18)/t9-,10-,13?/m0/s1. The van der Waals surface area contributed by atoms with Crippen LogP contribution >= 0.6 is 0 Å². The molecule has 0 aromatic carbocycles. The molecule has 5 nitrogen and oxygen atoms in total. The highest BCUT2D eigenvalue weighted by molar-refractivity contribution is 5.86. The molecule has 0 spiro atoms. The van der Waals surface area contributed by atoms with Gasteiger partial charge in [0.15, 0.2) is 0 Å². The maximum atomic E-state index is 12.2. The fourth-order valence-electron chi connectivity index (χ4n) is 2.34. The van der Waals surface area contributed by atoms with E-state index in [4.69, 9.17) is 5.73 Å². The topological polar surface area (TPSA) is 75.4 Å². The molecule has 1 aliphatic heterocycles. The summed E-state index contributed by atoms with van der Waals surface area (Å²) in [6.45, 7) is 6.99. The second kappa shape index (κ2) is 5.69. The number of nitrogens with one attached hydrogen (secondary N) is 1. The van der Waals surface area contributed by atoms with E-state index in [1.807, 2.05) is 20.8 Å². The molecule has 18 heavy (non-hydrogen) atoms. The van der Waals surface area contributed by atoms with Crippen molar-refractivity contribution >= 4 is 11.8 Å². The van der Waals surface area contributed by atoms with Crippen molar-refractivity contribution in [1.29, 1.82) is 0 Å². The average molecular weight is 255 g/mol. The van der Waals surface area contributed by atoms with Crippen molar-refractivity contribution in [3.63, 3.8) is 0 Å². The van der Waals surface area contributed by atoms with E-state index in [1.54, 1.807) is 11.9 Å². The first-order valence-corrected chi connectivity index (χ1v) is 6.62. The van der Waals surface area contributed by atoms with Crippen LogP contribution in [0.2, 0.25) is 0 Å². The van der Waals surface area contributed by atoms with Gasteiger partial charge in [0.2, 0.25) is 11.8 Å². The summed E-state index contributed by atoms with van der Waals surface area (Å²) in [5, 5.41) is 2.66. The zero-order valence-electron chi connectivity index (χ0n) is 11.8. The summed E-state index contributed by atoms with van der Waals surface area (Å²) < 4.78 is 0. The molecule has 0 aromatic heterocycles. The Labute approximate surface area is 109 Å². The summed E-state index contributed by atoms with van der Waals surface area (Å²) in [5.41, 5.74) is 5.48. The quantitative estimate of drug-likeness (QED) is 0.761. The van der Waals surface area contributed by atoms with E-state index in [-0.39, 0.29) is 17.7 Å². The second-order valence-electron chi connectivity index (χ2n) is 5.56. The van der Waals surface area contributed by atoms with E-state index in [0.717, 1.165) is 6.42 Å². The van der Waals surface area contributed by atoms with Crippen molar-refractivity contribution in [2.45, 2.75) is 39.7 Å². The molecule has 3 atom stereocenters. The Kier molecular flexibility index (Phi) is 4.73. The van der Waals surface area contributed by atoms with Gasteiger partial charge in [-0.2, -0.15) is 0 Å². The van der Waals surface area contributed by atoms with E-state index in [1.165, 1.54) is 0 Å². The number of amides is 2. The summed E-state index contributed by atoms with van der Waals surface area (Å²) in [4.78, 5) is 25.7. The van der Waals surface area contributed by atoms with Gasteiger partial charge in [0.25, 0.3) is 0 Å². The first-order chi connectivity index (χ1) is 8.35. The van der Waals surface area contributed by atoms with Gasteiger partial charge >= 0.3 is 0 Å². The molecule has 1 fully saturated rings. The summed E-state index contributed by atoms with van der Waals surface area (Å²) in [6, 6.07) is -0.456. The van der Waals surface area contributed by atoms with Crippen LogP contribution in [-0.4, -0.2) is 42.9 Å². The first kappa shape index (κ1) is 15.0. The maximum absolute atomic E-state index is 12.2. The highest BCUT2D eigenvalue weighted by atomic mass is 16.2. The molecule has 1 unspecified atom stereocenters. The molecule has 104 valence electrons. The number of hydrogen-bond acceptors (Lipinski definition) is 3. The third-order valence-corrected chi connectivity index (χ3v) is 4.10. The van der Waals surface area contributed by atoms with Crippen molar-refractivity contribution in [2.24, 2.45) is 17.1 Å². The third-order valence-electron chi connectivity index (χ3n) is 4.10. The number of carbonyl (C=O) groups is 2. The molecule has 1 aliphatic rings. The van der Waals surface area contributed by atoms with E-state index < -0.39 is 11.5 Å². The number of likely N-dealkylation sites (tertiary alicyclic amines) is 1. The Morgan fingerprint density at radius 3 is 2.61 bits per heavy atom. The molecule has 3 N–H and O–H groups in total. The molecule has 0 aromatic rings. The summed E-state index contributed by atoms with van der Waals surface area (Å²) in [5.74, 6) is 0.135. The average Bonchev–Trinajstić information content (AvgIpc) is 2.78. The molecule has 0 bridgehead atoms. The Balaban J connectivity index is 2.67. The number of nitrogens with two attached hydrogens (primary N) is 1. The molecular weight excluding hydrogens is 230 g/mol. The van der Waals surface area contributed by atoms with Crippen LogP contribution < -0.4 is 11.1 Å². The lowest BCUT2D eigenvalue weighted by Gasteiger charge is -2.26. The van der Waals surface area contributed by atoms with Crippen LogP contribution in [-0.2, 0) is 9.59 Å². The van der Waals surface area contributed by atoms with Crippen LogP contribution in [0.5, 0.6) is 0 Å². The van der Waals surface area contributed by atoms with Gasteiger partial charge in [-0.15, -0.1) is 0 Å². The third kappa shape index (κ3) is 2.83. The van der Waals surface area contributed by atoms with Crippen molar-refractivity contribution in [1.82, 2.24) is 10.2 Å². The van der Waals surface area contributed by atoms with Crippen LogP contribution in [0.15, 0.2) is 0 Å². The SMILES string of the molecule is CC[C@H](C)[C@H](N)C(=O)N1CCC(C)(C(=O)NC)C1. The Bertz CT molecular complexity index is 332. The van der Waals surface area contributed by atoms with Gasteiger partial charge in [-0.25, -0.2) is 0 Å². The van der Waals surface area contributed by atoms with Crippen molar-refractivity contribution in [2.75, 3.05) is 20.1 Å². The first-order valence-electron chi connectivity index (χ1n) is 6.62. The summed E-state index contributed by atoms with van der Waals surface area (Å²) >= 11 is 0. The lowest BCUT2D eigenvalue weighted by atomic mass is 9.89. The molecule has 0 radical (unpaired) electrons. The van der Waals surface area contributed by atoms with Gasteiger partial charge in [-0.3, -0.25) is 9.59 Å². The van der Waals surface area contributed by atoms with E-state index in [2.05, 4.69) is 5.32 Å². The van der Waals surface area contributed by atoms with Crippen molar-refractivity contribution in [3.05, 3.63) is 0 Å². The Morgan fingerprint density at radius 2 is 2.11 bits per heavy atom. The maximum Gasteiger partial charge on any atom is 0.239 e. The monoisotopic (exact) mass is 255 g/mol. The minimum absolute atomic E-state index is 0.00471. The minimum Gasteiger partial charge on any atom is -0.359 e. The second-order valence-corrected chi connectivity index (χ2v) is 5.56. The highest BCUT2D eigenvalue weighted by Gasteiger charge is 2.42. The van der Waals surface area contributed by atoms with Crippen LogP contribution in [0, 0.1) is 11.3 Å². The van der Waals surface area contributed by atoms with Crippen LogP contribution in [0.25, 0.3) is 0 Å². The van der Waals surface area contributed by atoms with Gasteiger partial charge < -0.3 is 16.0 Å². The van der Waals surface area contributed by atoms with Gasteiger partial charge in [-0.05, 0) is 19.3 Å². The predicted molar refractivity (Wildman–Crippen MR) is 70.8 cm³/mol. The molecule has 1 rings (SSSR count). The fraction of sp³-hybridized carbons (Fsp3) is 0.846. The summed E-state index contributed by atoms with van der Waals surface area (Å²) in [6.07, 6.45) is 1.58. The van der Waals surface area contributed by atoms with Crippen LogP contribution in [0.1, 0.15) is 33.6 Å². The lowest BCUT2D eigenvalue weighted by molar-refractivity contribution is -0.134. The zero-order valence-corrected chi connectivity index (χ0v) is 11.8. The number of rotatable bonds is 4. The van der Waals surface area contributed by atoms with Gasteiger partial charge in [-0.1, -0.05) is 20.3 Å². The zero-order chi connectivity index (χ0) is 13.9. The number of hydrogen-bond donors (Lipinski definition) is 2. The largest absolute Gasteiger partial charge is 0.359 e. The highest BCUT2D eigenvalue weighted by Crippen LogP contribution is 2.30. The normalized spacial score (nSPS) is 26.8. The minimum atomic E-state index is -0.473. The van der Waals surface area contributed by atoms with Crippen LogP contribution in [0.3, 0.4) is 0 Å². The Hall–Kier alpha value is -1.10. The molecule has 2 amide bonds. The van der Waals surface area contributed by atoms with Crippen LogP contribution in [0.4, 0.5) is 0 Å². The van der Waals surface area contributed by atoms with Gasteiger partial charge in [0.05, 0.1) is 11.5 Å². The number of carbonyl (C=O) groups excluding carboxylic acids is 2. The lowest BCUT2D eigenvalue weighted by Crippen LogP contribution is -2.48.